The number of nitrogens with one attached hydrogen (secondary N) is 1. The lowest BCUT2D eigenvalue weighted by Gasteiger charge is -2.11. The topological polar surface area (TPSA) is 67.8 Å². The predicted molar refractivity (Wildman–Crippen MR) is 61.3 cm³/mol. The Morgan fingerprint density at radius 1 is 1.33 bits per heavy atom. The van der Waals surface area contributed by atoms with Crippen LogP contribution in [0.1, 0.15) is 18.3 Å². The molecule has 1 aromatic heterocycles. The molecule has 5 nitrogen and oxygen atoms in total. The fraction of sp³-hybridized carbons (Fsp3) is 0.667. The molecular weight excluding hydrogens is 212 g/mol. The van der Waals surface area contributed by atoms with E-state index in [1.54, 1.807) is 6.26 Å². The number of aryl methyl sites for hydroxylation is 2. The van der Waals surface area contributed by atoms with Gasteiger partial charge in [0, 0.05) is 28.9 Å². The van der Waals surface area contributed by atoms with E-state index < -0.39 is 10.8 Å². The number of hydrogen-bond acceptors (Lipinski definition) is 5. The number of anilines is 1. The maximum absolute atomic E-state index is 11.0. The number of aromatic nitrogens is 3. The highest BCUT2D eigenvalue weighted by atomic mass is 32.2. The standard InChI is InChI=1S/C9H16N4OS/c1-6(5-15(4)14)10-9-11-7(2)8(3)12-13-9/h6H,5H2,1-4H3,(H,10,11,13). The molecule has 0 spiro atoms. The molecule has 0 amide bonds. The monoisotopic (exact) mass is 228 g/mol. The van der Waals surface area contributed by atoms with Gasteiger partial charge in [-0.3, -0.25) is 4.21 Å². The first-order chi connectivity index (χ1) is 6.99. The van der Waals surface area contributed by atoms with E-state index in [0.29, 0.717) is 11.7 Å². The third kappa shape index (κ3) is 3.91. The Morgan fingerprint density at radius 3 is 2.53 bits per heavy atom. The van der Waals surface area contributed by atoms with Gasteiger partial charge >= 0.3 is 0 Å². The third-order valence-electron chi connectivity index (χ3n) is 1.95. The molecular formula is C9H16N4OS. The van der Waals surface area contributed by atoms with Gasteiger partial charge in [-0.25, -0.2) is 4.98 Å². The zero-order valence-corrected chi connectivity index (χ0v) is 10.3. The highest BCUT2D eigenvalue weighted by Gasteiger charge is 2.07. The lowest BCUT2D eigenvalue weighted by atomic mass is 10.4. The SMILES string of the molecule is Cc1nnc(NC(C)CS(C)=O)nc1C. The summed E-state index contributed by atoms with van der Waals surface area (Å²) in [5.74, 6) is 1.08. The highest BCUT2D eigenvalue weighted by molar-refractivity contribution is 7.84. The molecule has 0 aliphatic carbocycles. The van der Waals surface area contributed by atoms with Crippen LogP contribution in [0.3, 0.4) is 0 Å². The zero-order valence-electron chi connectivity index (χ0n) is 9.44. The zero-order chi connectivity index (χ0) is 11.4. The molecule has 6 heteroatoms. The van der Waals surface area contributed by atoms with Gasteiger partial charge < -0.3 is 5.32 Å². The summed E-state index contributed by atoms with van der Waals surface area (Å²) < 4.78 is 11.0. The Labute approximate surface area is 92.2 Å². The second kappa shape index (κ2) is 5.16. The van der Waals surface area contributed by atoms with E-state index in [0.717, 1.165) is 11.4 Å². The summed E-state index contributed by atoms with van der Waals surface area (Å²) in [6, 6.07) is 0.0831. The summed E-state index contributed by atoms with van der Waals surface area (Å²) in [6.07, 6.45) is 1.68. The van der Waals surface area contributed by atoms with E-state index in [4.69, 9.17) is 0 Å². The van der Waals surface area contributed by atoms with Crippen LogP contribution in [-0.2, 0) is 10.8 Å². The van der Waals surface area contributed by atoms with Crippen molar-refractivity contribution in [2.45, 2.75) is 26.8 Å². The van der Waals surface area contributed by atoms with E-state index in [2.05, 4.69) is 20.5 Å². The minimum Gasteiger partial charge on any atom is -0.350 e. The Kier molecular flexibility index (Phi) is 4.14. The second-order valence-electron chi connectivity index (χ2n) is 3.59. The lowest BCUT2D eigenvalue weighted by Crippen LogP contribution is -2.24. The van der Waals surface area contributed by atoms with Crippen LogP contribution in [-0.4, -0.2) is 37.4 Å². The summed E-state index contributed by atoms with van der Waals surface area (Å²) in [4.78, 5) is 4.24. The van der Waals surface area contributed by atoms with Crippen molar-refractivity contribution >= 4 is 16.7 Å². The van der Waals surface area contributed by atoms with Gasteiger partial charge in [0.05, 0.1) is 11.4 Å². The summed E-state index contributed by atoms with van der Waals surface area (Å²) in [6.45, 7) is 5.70. The molecule has 0 aliphatic rings. The molecule has 2 atom stereocenters. The summed E-state index contributed by atoms with van der Waals surface area (Å²) >= 11 is 0. The average molecular weight is 228 g/mol. The van der Waals surface area contributed by atoms with Crippen molar-refractivity contribution in [2.75, 3.05) is 17.3 Å². The van der Waals surface area contributed by atoms with Gasteiger partial charge in [0.1, 0.15) is 0 Å². The van der Waals surface area contributed by atoms with Crippen LogP contribution in [0.25, 0.3) is 0 Å². The van der Waals surface area contributed by atoms with Gasteiger partial charge in [-0.15, -0.1) is 5.10 Å². The molecule has 0 saturated carbocycles. The largest absolute Gasteiger partial charge is 0.350 e. The Morgan fingerprint density at radius 2 is 2.00 bits per heavy atom. The van der Waals surface area contributed by atoms with Gasteiger partial charge in [-0.2, -0.15) is 5.10 Å². The molecule has 0 aromatic carbocycles. The van der Waals surface area contributed by atoms with Crippen molar-refractivity contribution < 1.29 is 4.21 Å². The van der Waals surface area contributed by atoms with E-state index in [1.807, 2.05) is 20.8 Å². The van der Waals surface area contributed by atoms with Crippen LogP contribution in [0, 0.1) is 13.8 Å². The summed E-state index contributed by atoms with van der Waals surface area (Å²) in [7, 11) is -0.818. The number of nitrogens with zero attached hydrogens (tertiary/aromatic N) is 3. The van der Waals surface area contributed by atoms with Crippen LogP contribution >= 0.6 is 0 Å². The van der Waals surface area contributed by atoms with Gasteiger partial charge in [-0.1, -0.05) is 0 Å². The minimum atomic E-state index is -0.818. The summed E-state index contributed by atoms with van der Waals surface area (Å²) in [5.41, 5.74) is 1.68. The smallest absolute Gasteiger partial charge is 0.243 e. The predicted octanol–water partition coefficient (Wildman–Crippen LogP) is 0.667. The molecule has 2 unspecified atom stereocenters. The molecule has 0 fully saturated rings. The van der Waals surface area contributed by atoms with Crippen LogP contribution < -0.4 is 5.32 Å². The molecule has 1 N–H and O–H groups in total. The fourth-order valence-electron chi connectivity index (χ4n) is 1.13. The third-order valence-corrected chi connectivity index (χ3v) is 2.92. The van der Waals surface area contributed by atoms with Crippen molar-refractivity contribution in [3.8, 4) is 0 Å². The first kappa shape index (κ1) is 12.0. The lowest BCUT2D eigenvalue weighted by molar-refractivity contribution is 0.682. The van der Waals surface area contributed by atoms with Crippen LogP contribution in [0.4, 0.5) is 5.95 Å². The van der Waals surface area contributed by atoms with Gasteiger partial charge in [-0.05, 0) is 20.8 Å². The number of rotatable bonds is 4. The Balaban J connectivity index is 2.64. The molecule has 84 valence electrons. The molecule has 0 saturated heterocycles. The minimum absolute atomic E-state index is 0.0831. The van der Waals surface area contributed by atoms with Crippen LogP contribution in [0.2, 0.25) is 0 Å². The van der Waals surface area contributed by atoms with Gasteiger partial charge in [0.25, 0.3) is 0 Å². The quantitative estimate of drug-likeness (QED) is 0.820. The first-order valence-electron chi connectivity index (χ1n) is 4.73. The van der Waals surface area contributed by atoms with Crippen molar-refractivity contribution in [1.82, 2.24) is 15.2 Å². The molecule has 1 rings (SSSR count). The van der Waals surface area contributed by atoms with Crippen LogP contribution in [0.5, 0.6) is 0 Å². The van der Waals surface area contributed by atoms with Crippen molar-refractivity contribution in [3.63, 3.8) is 0 Å². The first-order valence-corrected chi connectivity index (χ1v) is 6.46. The van der Waals surface area contributed by atoms with Crippen molar-refractivity contribution in [3.05, 3.63) is 11.4 Å². The fourth-order valence-corrected chi connectivity index (χ4v) is 1.92. The Bertz CT molecular complexity index is 369. The molecule has 0 aliphatic heterocycles. The van der Waals surface area contributed by atoms with E-state index in [9.17, 15) is 4.21 Å². The van der Waals surface area contributed by atoms with E-state index >= 15 is 0 Å². The second-order valence-corrected chi connectivity index (χ2v) is 5.07. The Hall–Kier alpha value is -1.04. The summed E-state index contributed by atoms with van der Waals surface area (Å²) in [5, 5.41) is 10.9. The highest BCUT2D eigenvalue weighted by Crippen LogP contribution is 2.03. The molecule has 1 heterocycles. The molecule has 0 bridgehead atoms. The van der Waals surface area contributed by atoms with Gasteiger partial charge in [0.2, 0.25) is 5.95 Å². The maximum Gasteiger partial charge on any atom is 0.243 e. The molecule has 15 heavy (non-hydrogen) atoms. The van der Waals surface area contributed by atoms with E-state index in [1.165, 1.54) is 0 Å². The molecule has 1 aromatic rings. The molecule has 0 radical (unpaired) electrons. The van der Waals surface area contributed by atoms with E-state index in [-0.39, 0.29) is 6.04 Å². The van der Waals surface area contributed by atoms with Crippen molar-refractivity contribution in [1.29, 1.82) is 0 Å². The average Bonchev–Trinajstić information content (AvgIpc) is 2.10. The van der Waals surface area contributed by atoms with Gasteiger partial charge in [0.15, 0.2) is 0 Å². The maximum atomic E-state index is 11.0. The number of hydrogen-bond donors (Lipinski definition) is 1. The van der Waals surface area contributed by atoms with Crippen molar-refractivity contribution in [2.24, 2.45) is 0 Å². The van der Waals surface area contributed by atoms with Crippen LogP contribution in [0.15, 0.2) is 0 Å². The normalized spacial score (nSPS) is 14.7.